The molecule has 2 N–H and O–H groups in total. The lowest BCUT2D eigenvalue weighted by Gasteiger charge is -2.18. The Balaban J connectivity index is 1.57. The van der Waals surface area contributed by atoms with Gasteiger partial charge in [-0.25, -0.2) is 9.97 Å². The minimum absolute atomic E-state index is 0.0943. The van der Waals surface area contributed by atoms with E-state index in [-0.39, 0.29) is 6.04 Å². The molecule has 1 fully saturated rings. The van der Waals surface area contributed by atoms with Crippen molar-refractivity contribution in [2.75, 3.05) is 25.1 Å². The van der Waals surface area contributed by atoms with Crippen LogP contribution in [-0.2, 0) is 0 Å². The molecule has 1 aromatic heterocycles. The number of nitrogens with two attached hydrogens (primary N) is 1. The van der Waals surface area contributed by atoms with Crippen molar-refractivity contribution < 1.29 is 4.74 Å². The zero-order valence-corrected chi connectivity index (χ0v) is 14.7. The van der Waals surface area contributed by atoms with Crippen molar-refractivity contribution in [2.45, 2.75) is 12.0 Å². The molecule has 2 aromatic carbocycles. The fraction of sp³-hybridized carbons (Fsp3) is 0.238. The number of anilines is 1. The van der Waals surface area contributed by atoms with Gasteiger partial charge in [0.25, 0.3) is 0 Å². The van der Waals surface area contributed by atoms with Crippen molar-refractivity contribution >= 4 is 5.82 Å². The van der Waals surface area contributed by atoms with Crippen molar-refractivity contribution in [2.24, 2.45) is 5.73 Å². The van der Waals surface area contributed by atoms with Gasteiger partial charge in [0.2, 0.25) is 0 Å². The van der Waals surface area contributed by atoms with Gasteiger partial charge in [-0.2, -0.15) is 0 Å². The SMILES string of the molecule is COc1ccc(-c2cc(N3C[C@H](c4ccccc4)[C@@H](N)C3)ncn2)cc1. The van der Waals surface area contributed by atoms with Crippen LogP contribution in [0.1, 0.15) is 11.5 Å². The predicted molar refractivity (Wildman–Crippen MR) is 103 cm³/mol. The molecule has 0 aliphatic carbocycles. The van der Waals surface area contributed by atoms with Crippen LogP contribution in [0, 0.1) is 0 Å². The summed E-state index contributed by atoms with van der Waals surface area (Å²) < 4.78 is 5.22. The van der Waals surface area contributed by atoms with Gasteiger partial charge < -0.3 is 15.4 Å². The van der Waals surface area contributed by atoms with Crippen molar-refractivity contribution in [1.29, 1.82) is 0 Å². The number of aromatic nitrogens is 2. The van der Waals surface area contributed by atoms with Crippen LogP contribution in [0.4, 0.5) is 5.82 Å². The van der Waals surface area contributed by atoms with E-state index < -0.39 is 0 Å². The second-order valence-corrected chi connectivity index (χ2v) is 6.58. The number of hydrogen-bond acceptors (Lipinski definition) is 5. The average molecular weight is 346 g/mol. The Bertz CT molecular complexity index is 867. The third-order valence-corrected chi connectivity index (χ3v) is 4.96. The molecule has 26 heavy (non-hydrogen) atoms. The molecular weight excluding hydrogens is 324 g/mol. The Morgan fingerprint density at radius 1 is 1.00 bits per heavy atom. The molecule has 0 unspecified atom stereocenters. The number of benzene rings is 2. The Morgan fingerprint density at radius 3 is 2.50 bits per heavy atom. The van der Waals surface area contributed by atoms with E-state index in [1.807, 2.05) is 36.4 Å². The third-order valence-electron chi connectivity index (χ3n) is 4.96. The van der Waals surface area contributed by atoms with Crippen LogP contribution < -0.4 is 15.4 Å². The van der Waals surface area contributed by atoms with E-state index in [0.717, 1.165) is 35.9 Å². The molecule has 5 nitrogen and oxygen atoms in total. The van der Waals surface area contributed by atoms with Gasteiger partial charge in [-0.15, -0.1) is 0 Å². The highest BCUT2D eigenvalue weighted by molar-refractivity contribution is 5.63. The Hall–Kier alpha value is -2.92. The molecule has 1 saturated heterocycles. The fourth-order valence-corrected chi connectivity index (χ4v) is 3.51. The smallest absolute Gasteiger partial charge is 0.132 e. The molecule has 0 amide bonds. The summed E-state index contributed by atoms with van der Waals surface area (Å²) in [4.78, 5) is 11.1. The van der Waals surface area contributed by atoms with E-state index in [1.54, 1.807) is 13.4 Å². The van der Waals surface area contributed by atoms with E-state index >= 15 is 0 Å². The third kappa shape index (κ3) is 3.26. The normalized spacial score (nSPS) is 19.5. The summed E-state index contributed by atoms with van der Waals surface area (Å²) in [5, 5.41) is 0. The molecule has 0 spiro atoms. The largest absolute Gasteiger partial charge is 0.497 e. The number of rotatable bonds is 4. The van der Waals surface area contributed by atoms with Crippen LogP contribution in [0.3, 0.4) is 0 Å². The average Bonchev–Trinajstić information content (AvgIpc) is 3.10. The van der Waals surface area contributed by atoms with Crippen LogP contribution in [0.25, 0.3) is 11.3 Å². The van der Waals surface area contributed by atoms with E-state index in [9.17, 15) is 0 Å². The minimum atomic E-state index is 0.0943. The van der Waals surface area contributed by atoms with E-state index in [2.05, 4.69) is 39.1 Å². The quantitative estimate of drug-likeness (QED) is 0.786. The topological polar surface area (TPSA) is 64.3 Å². The molecule has 2 atom stereocenters. The van der Waals surface area contributed by atoms with Gasteiger partial charge in [-0.1, -0.05) is 30.3 Å². The van der Waals surface area contributed by atoms with Crippen LogP contribution in [0.15, 0.2) is 67.0 Å². The number of ether oxygens (including phenoxy) is 1. The van der Waals surface area contributed by atoms with E-state index in [4.69, 9.17) is 10.5 Å². The first-order valence-corrected chi connectivity index (χ1v) is 8.76. The van der Waals surface area contributed by atoms with Crippen LogP contribution in [0.2, 0.25) is 0 Å². The molecule has 5 heteroatoms. The first-order chi connectivity index (χ1) is 12.7. The van der Waals surface area contributed by atoms with E-state index in [1.165, 1.54) is 5.56 Å². The Morgan fingerprint density at radius 2 is 1.77 bits per heavy atom. The number of methoxy groups -OCH3 is 1. The van der Waals surface area contributed by atoms with Gasteiger partial charge in [-0.3, -0.25) is 0 Å². The molecule has 4 rings (SSSR count). The lowest BCUT2D eigenvalue weighted by molar-refractivity contribution is 0.415. The van der Waals surface area contributed by atoms with Gasteiger partial charge in [0.05, 0.1) is 12.8 Å². The molecule has 1 aliphatic heterocycles. The molecule has 0 saturated carbocycles. The van der Waals surface area contributed by atoms with E-state index in [0.29, 0.717) is 5.92 Å². The van der Waals surface area contributed by atoms with Crippen molar-refractivity contribution in [3.05, 3.63) is 72.6 Å². The highest BCUT2D eigenvalue weighted by atomic mass is 16.5. The van der Waals surface area contributed by atoms with Crippen LogP contribution >= 0.6 is 0 Å². The molecule has 1 aliphatic rings. The van der Waals surface area contributed by atoms with Crippen LogP contribution in [-0.4, -0.2) is 36.2 Å². The molecule has 3 aromatic rings. The zero-order chi connectivity index (χ0) is 17.9. The lowest BCUT2D eigenvalue weighted by Crippen LogP contribution is -2.29. The van der Waals surface area contributed by atoms with Gasteiger partial charge in [0.1, 0.15) is 17.9 Å². The Kier molecular flexibility index (Phi) is 4.54. The van der Waals surface area contributed by atoms with Gasteiger partial charge in [-0.05, 0) is 29.8 Å². The molecule has 132 valence electrons. The summed E-state index contributed by atoms with van der Waals surface area (Å²) in [6.07, 6.45) is 1.62. The van der Waals surface area contributed by atoms with Gasteiger partial charge in [0.15, 0.2) is 0 Å². The van der Waals surface area contributed by atoms with Gasteiger partial charge in [0, 0.05) is 36.7 Å². The molecule has 0 radical (unpaired) electrons. The second-order valence-electron chi connectivity index (χ2n) is 6.58. The summed E-state index contributed by atoms with van der Waals surface area (Å²) in [7, 11) is 1.66. The summed E-state index contributed by atoms with van der Waals surface area (Å²) >= 11 is 0. The first-order valence-electron chi connectivity index (χ1n) is 8.76. The standard InChI is InChI=1S/C21H22N4O/c1-26-17-9-7-16(8-10-17)20-11-21(24-14-23-20)25-12-18(19(22)13-25)15-5-3-2-4-6-15/h2-11,14,18-19H,12-13,22H2,1H3/t18-,19+/m1/s1. The highest BCUT2D eigenvalue weighted by Crippen LogP contribution is 2.30. The number of nitrogens with zero attached hydrogens (tertiary/aromatic N) is 3. The first kappa shape index (κ1) is 16.5. The van der Waals surface area contributed by atoms with Crippen LogP contribution in [0.5, 0.6) is 5.75 Å². The monoisotopic (exact) mass is 346 g/mol. The number of hydrogen-bond donors (Lipinski definition) is 1. The molecular formula is C21H22N4O. The van der Waals surface area contributed by atoms with Crippen molar-refractivity contribution in [3.8, 4) is 17.0 Å². The zero-order valence-electron chi connectivity index (χ0n) is 14.7. The lowest BCUT2D eigenvalue weighted by atomic mass is 9.95. The maximum atomic E-state index is 6.42. The summed E-state index contributed by atoms with van der Waals surface area (Å²) in [5.41, 5.74) is 9.64. The molecule has 0 bridgehead atoms. The minimum Gasteiger partial charge on any atom is -0.497 e. The summed E-state index contributed by atoms with van der Waals surface area (Å²) in [5.74, 6) is 2.06. The van der Waals surface area contributed by atoms with Crippen molar-refractivity contribution in [1.82, 2.24) is 9.97 Å². The van der Waals surface area contributed by atoms with Crippen molar-refractivity contribution in [3.63, 3.8) is 0 Å². The Labute approximate surface area is 153 Å². The highest BCUT2D eigenvalue weighted by Gasteiger charge is 2.32. The summed E-state index contributed by atoms with van der Waals surface area (Å²) in [6.45, 7) is 1.66. The van der Waals surface area contributed by atoms with Gasteiger partial charge >= 0.3 is 0 Å². The predicted octanol–water partition coefficient (Wildman–Crippen LogP) is 3.08. The maximum Gasteiger partial charge on any atom is 0.132 e. The molecule has 2 heterocycles. The second kappa shape index (κ2) is 7.14. The maximum absolute atomic E-state index is 6.42. The fourth-order valence-electron chi connectivity index (χ4n) is 3.51. The summed E-state index contributed by atoms with van der Waals surface area (Å²) in [6, 6.07) is 20.5.